The summed E-state index contributed by atoms with van der Waals surface area (Å²) < 4.78 is 12.2. The van der Waals surface area contributed by atoms with Gasteiger partial charge < -0.3 is 14.8 Å². The molecular weight excluding hydrogens is 306 g/mol. The quantitative estimate of drug-likeness (QED) is 0.859. The highest BCUT2D eigenvalue weighted by Crippen LogP contribution is 2.35. The Labute approximate surface area is 123 Å². The van der Waals surface area contributed by atoms with E-state index in [0.717, 1.165) is 28.1 Å². The van der Waals surface area contributed by atoms with E-state index in [9.17, 15) is 0 Å². The van der Waals surface area contributed by atoms with Gasteiger partial charge in [-0.2, -0.15) is 0 Å². The number of halogens is 1. The van der Waals surface area contributed by atoms with Crippen molar-refractivity contribution >= 4 is 15.9 Å². The Morgan fingerprint density at radius 2 is 2.05 bits per heavy atom. The molecule has 1 aliphatic rings. The van der Waals surface area contributed by atoms with E-state index in [2.05, 4.69) is 27.3 Å². The lowest BCUT2D eigenvalue weighted by atomic mass is 10.1. The molecule has 1 N–H and O–H groups in total. The number of nitrogens with one attached hydrogen (secondary N) is 1. The summed E-state index contributed by atoms with van der Waals surface area (Å²) in [7, 11) is 1.68. The Bertz CT molecular complexity index is 417. The number of benzene rings is 1. The highest BCUT2D eigenvalue weighted by Gasteiger charge is 2.17. The largest absolute Gasteiger partial charge is 0.493 e. The van der Waals surface area contributed by atoms with E-state index in [1.54, 1.807) is 7.11 Å². The number of rotatable bonds is 6. The van der Waals surface area contributed by atoms with Crippen LogP contribution in [0.5, 0.6) is 11.5 Å². The van der Waals surface area contributed by atoms with Gasteiger partial charge in [-0.05, 0) is 31.9 Å². The van der Waals surface area contributed by atoms with Crippen molar-refractivity contribution in [2.45, 2.75) is 45.2 Å². The van der Waals surface area contributed by atoms with Gasteiger partial charge in [-0.15, -0.1) is 0 Å². The lowest BCUT2D eigenvalue weighted by molar-refractivity contribution is 0.306. The van der Waals surface area contributed by atoms with Gasteiger partial charge in [0.15, 0.2) is 11.5 Å². The zero-order chi connectivity index (χ0) is 13.7. The van der Waals surface area contributed by atoms with Gasteiger partial charge in [0.25, 0.3) is 0 Å². The second-order valence-electron chi connectivity index (χ2n) is 4.89. The number of hydrogen-bond donors (Lipinski definition) is 1. The third-order valence-corrected chi connectivity index (χ3v) is 4.00. The summed E-state index contributed by atoms with van der Waals surface area (Å²) in [5, 5.41) is 3.62. The first kappa shape index (κ1) is 14.7. The van der Waals surface area contributed by atoms with Gasteiger partial charge in [0.2, 0.25) is 0 Å². The van der Waals surface area contributed by atoms with Gasteiger partial charge in [0.05, 0.1) is 13.7 Å². The van der Waals surface area contributed by atoms with E-state index < -0.39 is 0 Å². The summed E-state index contributed by atoms with van der Waals surface area (Å²) in [5.41, 5.74) is 1.15. The molecule has 0 radical (unpaired) electrons. The van der Waals surface area contributed by atoms with Crippen molar-refractivity contribution in [2.24, 2.45) is 0 Å². The van der Waals surface area contributed by atoms with Crippen LogP contribution in [-0.4, -0.2) is 19.8 Å². The van der Waals surface area contributed by atoms with Crippen LogP contribution in [0.25, 0.3) is 0 Å². The van der Waals surface area contributed by atoms with Crippen molar-refractivity contribution in [2.75, 3.05) is 13.7 Å². The first-order valence-corrected chi connectivity index (χ1v) is 7.76. The fraction of sp³-hybridized carbons (Fsp3) is 0.600. The van der Waals surface area contributed by atoms with Gasteiger partial charge >= 0.3 is 0 Å². The first-order valence-electron chi connectivity index (χ1n) is 6.97. The molecule has 1 fully saturated rings. The summed E-state index contributed by atoms with van der Waals surface area (Å²) >= 11 is 3.53. The van der Waals surface area contributed by atoms with E-state index in [1.807, 2.05) is 13.0 Å². The van der Waals surface area contributed by atoms with E-state index in [1.165, 1.54) is 25.7 Å². The van der Waals surface area contributed by atoms with Crippen molar-refractivity contribution in [3.05, 3.63) is 22.2 Å². The Morgan fingerprint density at radius 3 is 2.68 bits per heavy atom. The molecule has 19 heavy (non-hydrogen) atoms. The van der Waals surface area contributed by atoms with Crippen LogP contribution >= 0.6 is 15.9 Å². The van der Waals surface area contributed by atoms with Crippen LogP contribution in [0.2, 0.25) is 0 Å². The van der Waals surface area contributed by atoms with Crippen LogP contribution in [-0.2, 0) is 6.54 Å². The predicted molar refractivity (Wildman–Crippen MR) is 81.0 cm³/mol. The van der Waals surface area contributed by atoms with E-state index in [4.69, 9.17) is 9.47 Å². The summed E-state index contributed by atoms with van der Waals surface area (Å²) in [4.78, 5) is 0. The monoisotopic (exact) mass is 327 g/mol. The minimum Gasteiger partial charge on any atom is -0.493 e. The van der Waals surface area contributed by atoms with Gasteiger partial charge in [0, 0.05) is 22.6 Å². The highest BCUT2D eigenvalue weighted by molar-refractivity contribution is 9.10. The summed E-state index contributed by atoms with van der Waals surface area (Å²) in [6, 6.07) is 4.71. The smallest absolute Gasteiger partial charge is 0.165 e. The highest BCUT2D eigenvalue weighted by atomic mass is 79.9. The Kier molecular flexibility index (Phi) is 5.52. The third-order valence-electron chi connectivity index (χ3n) is 3.54. The molecule has 1 aromatic rings. The summed E-state index contributed by atoms with van der Waals surface area (Å²) in [5.74, 6) is 1.65. The first-order chi connectivity index (χ1) is 9.24. The standard InChI is InChI=1S/C15H22BrNO2/c1-3-19-15-11(8-12(16)9-14(15)18-2)10-17-13-6-4-5-7-13/h8-9,13,17H,3-7,10H2,1-2H3. The zero-order valence-electron chi connectivity index (χ0n) is 11.7. The molecule has 0 unspecified atom stereocenters. The molecule has 3 nitrogen and oxygen atoms in total. The van der Waals surface area contributed by atoms with Crippen LogP contribution in [0.1, 0.15) is 38.2 Å². The molecule has 2 rings (SSSR count). The molecule has 0 atom stereocenters. The molecule has 0 bridgehead atoms. The second-order valence-corrected chi connectivity index (χ2v) is 5.81. The SMILES string of the molecule is CCOc1c(CNC2CCCC2)cc(Br)cc1OC. The van der Waals surface area contributed by atoms with Crippen molar-refractivity contribution in [1.29, 1.82) is 0 Å². The third kappa shape index (κ3) is 3.86. The second kappa shape index (κ2) is 7.15. The van der Waals surface area contributed by atoms with Gasteiger partial charge in [0.1, 0.15) is 0 Å². The summed E-state index contributed by atoms with van der Waals surface area (Å²) in [6.45, 7) is 3.47. The van der Waals surface area contributed by atoms with Crippen LogP contribution < -0.4 is 14.8 Å². The lowest BCUT2D eigenvalue weighted by Gasteiger charge is -2.17. The maximum absolute atomic E-state index is 5.74. The predicted octanol–water partition coefficient (Wildman–Crippen LogP) is 3.89. The Morgan fingerprint density at radius 1 is 1.32 bits per heavy atom. The molecule has 1 aliphatic carbocycles. The molecule has 4 heteroatoms. The normalized spacial score (nSPS) is 15.7. The van der Waals surface area contributed by atoms with E-state index in [-0.39, 0.29) is 0 Å². The molecule has 0 heterocycles. The fourth-order valence-corrected chi connectivity index (χ4v) is 3.08. The number of ether oxygens (including phenoxy) is 2. The zero-order valence-corrected chi connectivity index (χ0v) is 13.3. The molecule has 0 spiro atoms. The molecule has 0 amide bonds. The molecule has 106 valence electrons. The molecule has 1 aromatic carbocycles. The van der Waals surface area contributed by atoms with Crippen molar-refractivity contribution in [1.82, 2.24) is 5.32 Å². The van der Waals surface area contributed by atoms with Gasteiger partial charge in [-0.25, -0.2) is 0 Å². The molecule has 0 aromatic heterocycles. The van der Waals surface area contributed by atoms with Crippen LogP contribution in [0, 0.1) is 0 Å². The van der Waals surface area contributed by atoms with Crippen molar-refractivity contribution in [3.8, 4) is 11.5 Å². The minimum atomic E-state index is 0.647. The molecular formula is C15H22BrNO2. The topological polar surface area (TPSA) is 30.5 Å². The number of hydrogen-bond acceptors (Lipinski definition) is 3. The lowest BCUT2D eigenvalue weighted by Crippen LogP contribution is -2.25. The average molecular weight is 328 g/mol. The maximum Gasteiger partial charge on any atom is 0.165 e. The molecule has 1 saturated carbocycles. The molecule has 0 saturated heterocycles. The van der Waals surface area contributed by atoms with Gasteiger partial charge in [-0.3, -0.25) is 0 Å². The average Bonchev–Trinajstić information content (AvgIpc) is 2.91. The summed E-state index contributed by atoms with van der Waals surface area (Å²) in [6.07, 6.45) is 5.26. The van der Waals surface area contributed by atoms with Crippen molar-refractivity contribution in [3.63, 3.8) is 0 Å². The Balaban J connectivity index is 2.13. The van der Waals surface area contributed by atoms with Crippen LogP contribution in [0.15, 0.2) is 16.6 Å². The maximum atomic E-state index is 5.74. The van der Waals surface area contributed by atoms with Crippen molar-refractivity contribution < 1.29 is 9.47 Å². The van der Waals surface area contributed by atoms with Gasteiger partial charge in [-0.1, -0.05) is 28.8 Å². The van der Waals surface area contributed by atoms with E-state index in [0.29, 0.717) is 12.6 Å². The fourth-order valence-electron chi connectivity index (χ4n) is 2.60. The Hall–Kier alpha value is -0.740. The van der Waals surface area contributed by atoms with Crippen LogP contribution in [0.3, 0.4) is 0 Å². The van der Waals surface area contributed by atoms with Crippen LogP contribution in [0.4, 0.5) is 0 Å². The van der Waals surface area contributed by atoms with E-state index >= 15 is 0 Å². The molecule has 0 aliphatic heterocycles. The number of methoxy groups -OCH3 is 1. The minimum absolute atomic E-state index is 0.647.